The number of amides is 2. The van der Waals surface area contributed by atoms with E-state index in [-0.39, 0.29) is 42.1 Å². The predicted molar refractivity (Wildman–Crippen MR) is 77.2 cm³/mol. The van der Waals surface area contributed by atoms with E-state index in [9.17, 15) is 9.59 Å². The van der Waals surface area contributed by atoms with Crippen LogP contribution in [0.1, 0.15) is 18.4 Å². The van der Waals surface area contributed by atoms with Gasteiger partial charge in [-0.3, -0.25) is 14.5 Å². The number of carbonyl (C=O) groups is 2. The molecule has 1 N–H and O–H groups in total. The summed E-state index contributed by atoms with van der Waals surface area (Å²) in [5.41, 5.74) is 1.40. The zero-order chi connectivity index (χ0) is 14.6. The van der Waals surface area contributed by atoms with Crippen molar-refractivity contribution in [3.05, 3.63) is 42.0 Å². The predicted octanol–water partition coefficient (Wildman–Crippen LogP) is 1.88. The summed E-state index contributed by atoms with van der Waals surface area (Å²) in [7, 11) is 0. The molecule has 2 bridgehead atoms. The highest BCUT2D eigenvalue weighted by Crippen LogP contribution is 2.50. The van der Waals surface area contributed by atoms with Gasteiger partial charge in [0.15, 0.2) is 0 Å². The molecule has 1 aromatic rings. The molecule has 108 valence electrons. The molecule has 4 nitrogen and oxygen atoms in total. The summed E-state index contributed by atoms with van der Waals surface area (Å²) in [5.74, 6) is -0.00420. The summed E-state index contributed by atoms with van der Waals surface area (Å²) in [6.45, 7) is -0.0402. The maximum Gasteiger partial charge on any atom is 0.238 e. The molecule has 1 heterocycles. The molecule has 3 aliphatic carbocycles. The average molecular weight is 283 g/mol. The minimum Gasteiger partial charge on any atom is -0.392 e. The van der Waals surface area contributed by atoms with E-state index in [0.717, 1.165) is 18.4 Å². The lowest BCUT2D eigenvalue weighted by molar-refractivity contribution is -0.124. The van der Waals surface area contributed by atoms with Gasteiger partial charge < -0.3 is 5.11 Å². The Balaban J connectivity index is 1.71. The summed E-state index contributed by atoms with van der Waals surface area (Å²) < 4.78 is 0. The fraction of sp³-hybridized carbons (Fsp3) is 0.412. The average Bonchev–Trinajstić information content (AvgIpc) is 2.82. The van der Waals surface area contributed by atoms with Crippen LogP contribution in [-0.2, 0) is 16.2 Å². The van der Waals surface area contributed by atoms with Crippen LogP contribution in [0.3, 0.4) is 0 Å². The van der Waals surface area contributed by atoms with Crippen molar-refractivity contribution in [2.45, 2.75) is 19.4 Å². The number of allylic oxidation sites excluding steroid dienone is 2. The topological polar surface area (TPSA) is 57.6 Å². The summed E-state index contributed by atoms with van der Waals surface area (Å²) in [6.07, 6.45) is 6.27. The quantitative estimate of drug-likeness (QED) is 0.666. The maximum absolute atomic E-state index is 12.7. The molecule has 4 unspecified atom stereocenters. The van der Waals surface area contributed by atoms with Gasteiger partial charge in [-0.05, 0) is 42.4 Å². The van der Waals surface area contributed by atoms with Gasteiger partial charge in [-0.1, -0.05) is 24.3 Å². The number of hydrogen-bond acceptors (Lipinski definition) is 3. The molecule has 2 fully saturated rings. The van der Waals surface area contributed by atoms with Crippen molar-refractivity contribution < 1.29 is 14.7 Å². The highest BCUT2D eigenvalue weighted by Gasteiger charge is 2.56. The van der Waals surface area contributed by atoms with Gasteiger partial charge in [0.2, 0.25) is 11.8 Å². The van der Waals surface area contributed by atoms with Crippen molar-refractivity contribution in [1.82, 2.24) is 0 Å². The molecule has 0 spiro atoms. The molecule has 1 saturated carbocycles. The molecule has 0 radical (unpaired) electrons. The number of imide groups is 1. The lowest BCUT2D eigenvalue weighted by Gasteiger charge is -2.38. The highest BCUT2D eigenvalue weighted by molar-refractivity contribution is 6.22. The zero-order valence-corrected chi connectivity index (χ0v) is 11.6. The molecule has 2 amide bonds. The minimum atomic E-state index is -0.168. The fourth-order valence-electron chi connectivity index (χ4n) is 4.08. The Hall–Kier alpha value is -1.94. The van der Waals surface area contributed by atoms with E-state index in [1.165, 1.54) is 4.90 Å². The molecule has 5 rings (SSSR count). The van der Waals surface area contributed by atoms with Gasteiger partial charge in [0.25, 0.3) is 0 Å². The van der Waals surface area contributed by atoms with Crippen molar-refractivity contribution in [3.63, 3.8) is 0 Å². The van der Waals surface area contributed by atoms with Crippen molar-refractivity contribution in [2.24, 2.45) is 23.7 Å². The third kappa shape index (κ3) is 1.72. The smallest absolute Gasteiger partial charge is 0.238 e. The van der Waals surface area contributed by atoms with Gasteiger partial charge >= 0.3 is 0 Å². The largest absolute Gasteiger partial charge is 0.392 e. The van der Waals surface area contributed by atoms with Crippen LogP contribution in [0.15, 0.2) is 36.4 Å². The number of rotatable bonds is 2. The van der Waals surface area contributed by atoms with Crippen molar-refractivity contribution >= 4 is 17.5 Å². The van der Waals surface area contributed by atoms with E-state index in [4.69, 9.17) is 5.11 Å². The molecule has 4 heteroatoms. The highest BCUT2D eigenvalue weighted by atomic mass is 16.3. The molecule has 21 heavy (non-hydrogen) atoms. The Morgan fingerprint density at radius 2 is 1.48 bits per heavy atom. The Kier molecular flexibility index (Phi) is 2.76. The molecule has 4 atom stereocenters. The van der Waals surface area contributed by atoms with E-state index in [1.807, 2.05) is 0 Å². The van der Waals surface area contributed by atoms with Gasteiger partial charge in [0.1, 0.15) is 0 Å². The second kappa shape index (κ2) is 4.53. The third-order valence-electron chi connectivity index (χ3n) is 5.14. The second-order valence-electron chi connectivity index (χ2n) is 6.18. The van der Waals surface area contributed by atoms with Crippen LogP contribution >= 0.6 is 0 Å². The lowest BCUT2D eigenvalue weighted by Crippen LogP contribution is -2.38. The number of aliphatic hydroxyl groups excluding tert-OH is 1. The molecular formula is C17H17NO3. The van der Waals surface area contributed by atoms with Gasteiger partial charge in [-0.25, -0.2) is 0 Å². The number of benzene rings is 1. The van der Waals surface area contributed by atoms with Crippen LogP contribution in [0.4, 0.5) is 5.69 Å². The van der Waals surface area contributed by atoms with E-state index in [0.29, 0.717) is 5.69 Å². The lowest BCUT2D eigenvalue weighted by atomic mass is 9.63. The Morgan fingerprint density at radius 1 is 0.952 bits per heavy atom. The van der Waals surface area contributed by atoms with Gasteiger partial charge in [0, 0.05) is 0 Å². The monoisotopic (exact) mass is 283 g/mol. The summed E-state index contributed by atoms with van der Waals surface area (Å²) in [5, 5.41) is 9.09. The summed E-state index contributed by atoms with van der Waals surface area (Å²) in [6, 6.07) is 7.00. The molecule has 1 aromatic carbocycles. The van der Waals surface area contributed by atoms with Gasteiger partial charge in [0.05, 0.1) is 24.1 Å². The van der Waals surface area contributed by atoms with Gasteiger partial charge in [-0.15, -0.1) is 0 Å². The number of anilines is 1. The second-order valence-corrected chi connectivity index (χ2v) is 6.18. The number of nitrogens with zero attached hydrogens (tertiary/aromatic N) is 1. The van der Waals surface area contributed by atoms with Crippen molar-refractivity contribution in [1.29, 1.82) is 0 Å². The van der Waals surface area contributed by atoms with Crippen LogP contribution in [0.5, 0.6) is 0 Å². The van der Waals surface area contributed by atoms with E-state index < -0.39 is 0 Å². The SMILES string of the molecule is O=C1C2C3C=CC(CC3)C2C(=O)N1c1ccc(CO)cc1. The molecule has 1 aliphatic heterocycles. The Morgan fingerprint density at radius 3 is 1.90 bits per heavy atom. The van der Waals surface area contributed by atoms with Crippen LogP contribution < -0.4 is 4.90 Å². The van der Waals surface area contributed by atoms with Crippen molar-refractivity contribution in [2.75, 3.05) is 4.90 Å². The minimum absolute atomic E-state index is 0.0402. The summed E-state index contributed by atoms with van der Waals surface area (Å²) >= 11 is 0. The van der Waals surface area contributed by atoms with Crippen LogP contribution in [-0.4, -0.2) is 16.9 Å². The molecule has 0 aromatic heterocycles. The number of hydrogen-bond donors (Lipinski definition) is 1. The van der Waals surface area contributed by atoms with Crippen LogP contribution in [0, 0.1) is 23.7 Å². The first kappa shape index (κ1) is 12.8. The normalized spacial score (nSPS) is 33.7. The molecule has 4 aliphatic rings. The first-order chi connectivity index (χ1) is 10.2. The number of fused-ring (bicyclic) bond motifs is 1. The first-order valence-electron chi connectivity index (χ1n) is 7.46. The van der Waals surface area contributed by atoms with Crippen molar-refractivity contribution in [3.8, 4) is 0 Å². The van der Waals surface area contributed by atoms with Gasteiger partial charge in [-0.2, -0.15) is 0 Å². The van der Waals surface area contributed by atoms with E-state index >= 15 is 0 Å². The first-order valence-corrected chi connectivity index (χ1v) is 7.46. The fourth-order valence-corrected chi connectivity index (χ4v) is 4.08. The third-order valence-corrected chi connectivity index (χ3v) is 5.14. The number of carbonyl (C=O) groups excluding carboxylic acids is 2. The Labute approximate surface area is 123 Å². The summed E-state index contributed by atoms with van der Waals surface area (Å²) in [4.78, 5) is 26.8. The van der Waals surface area contributed by atoms with Crippen LogP contribution in [0.25, 0.3) is 0 Å². The standard InChI is InChI=1S/C17H17NO3/c19-9-10-1-7-13(8-2-10)18-16(20)14-11-3-4-12(6-5-11)15(14)17(18)21/h1-4,7-8,11-12,14-15,19H,5-6,9H2. The van der Waals surface area contributed by atoms with E-state index in [2.05, 4.69) is 12.2 Å². The molecular weight excluding hydrogens is 266 g/mol. The van der Waals surface area contributed by atoms with Crippen LogP contribution in [0.2, 0.25) is 0 Å². The number of aliphatic hydroxyl groups is 1. The Bertz CT molecular complexity index is 602. The molecule has 1 saturated heterocycles. The zero-order valence-electron chi connectivity index (χ0n) is 11.6. The maximum atomic E-state index is 12.7. The van der Waals surface area contributed by atoms with E-state index in [1.54, 1.807) is 24.3 Å².